The lowest BCUT2D eigenvalue weighted by Gasteiger charge is -2.33. The number of alkyl halides is 3. The van der Waals surface area contributed by atoms with Gasteiger partial charge >= 0.3 is 6.18 Å². The Hall–Kier alpha value is -2.43. The van der Waals surface area contributed by atoms with Crippen molar-refractivity contribution < 1.29 is 27.2 Å². The van der Waals surface area contributed by atoms with Crippen molar-refractivity contribution in [3.05, 3.63) is 29.7 Å². The van der Waals surface area contributed by atoms with Crippen LogP contribution in [0.3, 0.4) is 0 Å². The minimum Gasteiger partial charge on any atom is -0.377 e. The van der Waals surface area contributed by atoms with Crippen molar-refractivity contribution in [2.75, 3.05) is 19.8 Å². The van der Waals surface area contributed by atoms with Crippen molar-refractivity contribution in [2.24, 2.45) is 0 Å². The van der Waals surface area contributed by atoms with E-state index in [2.05, 4.69) is 15.2 Å². The number of halogens is 3. The van der Waals surface area contributed by atoms with Crippen LogP contribution >= 0.6 is 0 Å². The molecule has 0 aliphatic carbocycles. The SMILES string of the molecule is CC(C)c1cc(C(=O)N2CCOCC2c2ncn(CC(F)(F)F)n2)on1. The molecular formula is C15H18F3N5O3. The monoisotopic (exact) mass is 373 g/mol. The molecule has 8 nitrogen and oxygen atoms in total. The van der Waals surface area contributed by atoms with Gasteiger partial charge in [-0.1, -0.05) is 19.0 Å². The molecule has 1 amide bonds. The number of carbonyl (C=O) groups excluding carboxylic acids is 1. The van der Waals surface area contributed by atoms with E-state index >= 15 is 0 Å². The predicted molar refractivity (Wildman–Crippen MR) is 81.3 cm³/mol. The van der Waals surface area contributed by atoms with Crippen molar-refractivity contribution in [3.8, 4) is 0 Å². The molecule has 1 unspecified atom stereocenters. The van der Waals surface area contributed by atoms with Gasteiger partial charge in [0.1, 0.15) is 18.9 Å². The topological polar surface area (TPSA) is 86.3 Å². The summed E-state index contributed by atoms with van der Waals surface area (Å²) in [5.41, 5.74) is 0.644. The van der Waals surface area contributed by atoms with Crippen LogP contribution in [0.1, 0.15) is 47.9 Å². The smallest absolute Gasteiger partial charge is 0.377 e. The Morgan fingerprint density at radius 3 is 2.85 bits per heavy atom. The zero-order chi connectivity index (χ0) is 18.9. The Bertz CT molecular complexity index is 771. The van der Waals surface area contributed by atoms with Crippen LogP contribution < -0.4 is 0 Å². The van der Waals surface area contributed by atoms with Crippen LogP contribution in [-0.2, 0) is 11.3 Å². The molecule has 26 heavy (non-hydrogen) atoms. The molecule has 1 fully saturated rings. The van der Waals surface area contributed by atoms with Crippen LogP contribution in [0.4, 0.5) is 13.2 Å². The lowest BCUT2D eigenvalue weighted by molar-refractivity contribution is -0.142. The highest BCUT2D eigenvalue weighted by Gasteiger charge is 2.35. The molecule has 1 saturated heterocycles. The maximum Gasteiger partial charge on any atom is 0.408 e. The van der Waals surface area contributed by atoms with Gasteiger partial charge in [-0.2, -0.15) is 18.3 Å². The van der Waals surface area contributed by atoms with Crippen molar-refractivity contribution in [3.63, 3.8) is 0 Å². The molecule has 0 spiro atoms. The van der Waals surface area contributed by atoms with E-state index in [-0.39, 0.29) is 30.7 Å². The second kappa shape index (κ2) is 7.06. The van der Waals surface area contributed by atoms with E-state index in [0.717, 1.165) is 6.33 Å². The molecule has 1 aliphatic heterocycles. The average Bonchev–Trinajstić information content (AvgIpc) is 3.22. The normalized spacial score (nSPS) is 18.5. The maximum atomic E-state index is 12.7. The van der Waals surface area contributed by atoms with E-state index in [0.29, 0.717) is 17.0 Å². The van der Waals surface area contributed by atoms with E-state index in [4.69, 9.17) is 9.26 Å². The van der Waals surface area contributed by atoms with E-state index in [1.165, 1.54) is 4.90 Å². The summed E-state index contributed by atoms with van der Waals surface area (Å²) in [6.07, 6.45) is -3.41. The van der Waals surface area contributed by atoms with Gasteiger partial charge in [0.15, 0.2) is 5.82 Å². The molecule has 2 aromatic rings. The quantitative estimate of drug-likeness (QED) is 0.816. The summed E-state index contributed by atoms with van der Waals surface area (Å²) in [5.74, 6) is -0.174. The van der Waals surface area contributed by atoms with E-state index in [1.54, 1.807) is 6.07 Å². The number of nitrogens with zero attached hydrogens (tertiary/aromatic N) is 5. The maximum absolute atomic E-state index is 12.7. The van der Waals surface area contributed by atoms with Crippen molar-refractivity contribution in [1.29, 1.82) is 0 Å². The van der Waals surface area contributed by atoms with Crippen LogP contribution in [-0.4, -0.2) is 56.7 Å². The molecule has 0 N–H and O–H groups in total. The fraction of sp³-hybridized carbons (Fsp3) is 0.600. The molecule has 0 radical (unpaired) electrons. The van der Waals surface area contributed by atoms with Crippen LogP contribution in [0.5, 0.6) is 0 Å². The first kappa shape index (κ1) is 18.4. The number of carbonyl (C=O) groups is 1. The standard InChI is InChI=1S/C15H18F3N5O3/c1-9(2)10-5-12(26-21-10)14(24)23-3-4-25-6-11(23)13-19-8-22(20-13)7-15(16,17)18/h5,8-9,11H,3-4,6-7H2,1-2H3. The van der Waals surface area contributed by atoms with Crippen molar-refractivity contribution in [2.45, 2.75) is 38.5 Å². The Morgan fingerprint density at radius 2 is 2.19 bits per heavy atom. The largest absolute Gasteiger partial charge is 0.408 e. The zero-order valence-electron chi connectivity index (χ0n) is 14.2. The second-order valence-electron chi connectivity index (χ2n) is 6.28. The van der Waals surface area contributed by atoms with Crippen molar-refractivity contribution >= 4 is 5.91 Å². The highest BCUT2D eigenvalue weighted by Crippen LogP contribution is 2.25. The van der Waals surface area contributed by atoms with Crippen molar-refractivity contribution in [1.82, 2.24) is 24.8 Å². The highest BCUT2D eigenvalue weighted by molar-refractivity contribution is 5.91. The molecule has 3 rings (SSSR count). The van der Waals surface area contributed by atoms with Gasteiger partial charge in [-0.3, -0.25) is 4.79 Å². The Labute approximate surface area is 146 Å². The molecule has 0 aromatic carbocycles. The van der Waals surface area contributed by atoms with Gasteiger partial charge in [-0.25, -0.2) is 9.67 Å². The number of amides is 1. The Balaban J connectivity index is 1.80. The highest BCUT2D eigenvalue weighted by atomic mass is 19.4. The van der Waals surface area contributed by atoms with Gasteiger partial charge in [0.05, 0.1) is 18.9 Å². The first-order chi connectivity index (χ1) is 12.2. The molecule has 1 aliphatic rings. The summed E-state index contributed by atoms with van der Waals surface area (Å²) in [6.45, 7) is 3.22. The summed E-state index contributed by atoms with van der Waals surface area (Å²) in [5, 5.41) is 7.70. The molecule has 2 aromatic heterocycles. The molecule has 142 valence electrons. The minimum atomic E-state index is -4.41. The van der Waals surface area contributed by atoms with Crippen LogP contribution in [0.2, 0.25) is 0 Å². The minimum absolute atomic E-state index is 0.0651. The Kier molecular flexibility index (Phi) is 4.99. The molecule has 0 bridgehead atoms. The Morgan fingerprint density at radius 1 is 1.42 bits per heavy atom. The average molecular weight is 373 g/mol. The lowest BCUT2D eigenvalue weighted by atomic mass is 10.1. The lowest BCUT2D eigenvalue weighted by Crippen LogP contribution is -2.43. The number of hydrogen-bond donors (Lipinski definition) is 0. The van der Waals surface area contributed by atoms with Crippen LogP contribution in [0, 0.1) is 0 Å². The van der Waals surface area contributed by atoms with Crippen LogP contribution in [0.15, 0.2) is 16.9 Å². The molecule has 3 heterocycles. The third-order valence-corrected chi connectivity index (χ3v) is 3.91. The fourth-order valence-electron chi connectivity index (χ4n) is 2.59. The number of morpholine rings is 1. The third kappa shape index (κ3) is 4.03. The summed E-state index contributed by atoms with van der Waals surface area (Å²) in [4.78, 5) is 18.1. The second-order valence-corrected chi connectivity index (χ2v) is 6.28. The molecule has 0 saturated carbocycles. The first-order valence-electron chi connectivity index (χ1n) is 8.06. The first-order valence-corrected chi connectivity index (χ1v) is 8.06. The number of aromatic nitrogens is 4. The summed E-state index contributed by atoms with van der Waals surface area (Å²) in [7, 11) is 0. The third-order valence-electron chi connectivity index (χ3n) is 3.91. The molecule has 1 atom stereocenters. The predicted octanol–water partition coefficient (Wildman–Crippen LogP) is 2.17. The number of ether oxygens (including phenoxy) is 1. The van der Waals surface area contributed by atoms with E-state index in [9.17, 15) is 18.0 Å². The fourth-order valence-corrected chi connectivity index (χ4v) is 2.59. The van der Waals surface area contributed by atoms with Gasteiger partial charge in [0.25, 0.3) is 5.91 Å². The van der Waals surface area contributed by atoms with Gasteiger partial charge in [0.2, 0.25) is 5.76 Å². The van der Waals surface area contributed by atoms with Gasteiger partial charge in [-0.15, -0.1) is 0 Å². The van der Waals surface area contributed by atoms with Gasteiger partial charge in [-0.05, 0) is 5.92 Å². The summed E-state index contributed by atoms with van der Waals surface area (Å²) < 4.78 is 48.6. The molecule has 11 heteroatoms. The van der Waals surface area contributed by atoms with E-state index < -0.39 is 24.7 Å². The summed E-state index contributed by atoms with van der Waals surface area (Å²) >= 11 is 0. The van der Waals surface area contributed by atoms with Gasteiger partial charge in [0, 0.05) is 12.6 Å². The summed E-state index contributed by atoms with van der Waals surface area (Å²) in [6, 6.07) is 0.869. The van der Waals surface area contributed by atoms with Crippen LogP contribution in [0.25, 0.3) is 0 Å². The van der Waals surface area contributed by atoms with Gasteiger partial charge < -0.3 is 14.2 Å². The number of rotatable bonds is 4. The molecular weight excluding hydrogens is 355 g/mol. The van der Waals surface area contributed by atoms with E-state index in [1.807, 2.05) is 13.8 Å². The zero-order valence-corrected chi connectivity index (χ0v) is 14.2. The number of hydrogen-bond acceptors (Lipinski definition) is 6.